The van der Waals surface area contributed by atoms with Crippen molar-refractivity contribution in [3.63, 3.8) is 0 Å². The molecule has 2 aromatic rings. The average Bonchev–Trinajstić information content (AvgIpc) is 3.07. The number of hydrogen-bond donors (Lipinski definition) is 1. The van der Waals surface area contributed by atoms with Crippen LogP contribution in [-0.2, 0) is 4.79 Å². The number of tetrazole rings is 1. The zero-order valence-electron chi connectivity index (χ0n) is 14.6. The number of amides is 1. The molecule has 24 heavy (non-hydrogen) atoms. The molecule has 1 amide bonds. The largest absolute Gasteiger partial charge is 0.351 e. The molecule has 0 aliphatic heterocycles. The van der Waals surface area contributed by atoms with E-state index in [1.807, 2.05) is 38.1 Å². The Kier molecular flexibility index (Phi) is 4.92. The summed E-state index contributed by atoms with van der Waals surface area (Å²) in [5, 5.41) is 15.7. The monoisotopic (exact) mass is 327 g/mol. The van der Waals surface area contributed by atoms with Crippen molar-refractivity contribution in [1.82, 2.24) is 25.5 Å². The minimum absolute atomic E-state index is 0.0402. The number of hydrogen-bond acceptors (Lipinski definition) is 4. The molecule has 0 unspecified atom stereocenters. The molecule has 6 heteroatoms. The highest BCUT2D eigenvalue weighted by atomic mass is 16.2. The number of aromatic nitrogens is 4. The van der Waals surface area contributed by atoms with E-state index in [1.54, 1.807) is 0 Å². The number of nitrogens with zero attached hydrogens (tertiary/aromatic N) is 4. The van der Waals surface area contributed by atoms with E-state index in [2.05, 4.69) is 27.7 Å². The smallest absolute Gasteiger partial charge is 0.246 e. The molecule has 3 rings (SSSR count). The van der Waals surface area contributed by atoms with Crippen LogP contribution in [0.2, 0.25) is 0 Å². The summed E-state index contributed by atoms with van der Waals surface area (Å²) in [7, 11) is 0. The molecule has 0 bridgehead atoms. The van der Waals surface area contributed by atoms with Crippen molar-refractivity contribution in [2.45, 2.75) is 58.5 Å². The van der Waals surface area contributed by atoms with E-state index in [4.69, 9.17) is 0 Å². The lowest BCUT2D eigenvalue weighted by atomic mass is 9.86. The number of nitrogens with one attached hydrogen (secondary N) is 1. The van der Waals surface area contributed by atoms with E-state index < -0.39 is 6.04 Å². The molecule has 6 nitrogen and oxygen atoms in total. The normalized spacial score (nSPS) is 22.1. The second-order valence-electron chi connectivity index (χ2n) is 6.85. The molecule has 1 aromatic heterocycles. The molecule has 128 valence electrons. The Hall–Kier alpha value is -2.24. The third kappa shape index (κ3) is 3.63. The third-order valence-corrected chi connectivity index (χ3v) is 4.90. The molecule has 0 spiro atoms. The summed E-state index contributed by atoms with van der Waals surface area (Å²) in [4.78, 5) is 13.9. The van der Waals surface area contributed by atoms with Crippen LogP contribution in [0.15, 0.2) is 24.3 Å². The van der Waals surface area contributed by atoms with Gasteiger partial charge in [0.15, 0.2) is 0 Å². The molecule has 1 heterocycles. The maximum atomic E-state index is 12.5. The highest BCUT2D eigenvalue weighted by Gasteiger charge is 2.26. The topological polar surface area (TPSA) is 72.7 Å². The first-order chi connectivity index (χ1) is 11.5. The maximum Gasteiger partial charge on any atom is 0.246 e. The van der Waals surface area contributed by atoms with Crippen molar-refractivity contribution in [2.24, 2.45) is 5.92 Å². The lowest BCUT2D eigenvalue weighted by molar-refractivity contribution is -0.125. The van der Waals surface area contributed by atoms with Crippen molar-refractivity contribution in [2.75, 3.05) is 0 Å². The molecule has 0 saturated heterocycles. The molecule has 1 N–H and O–H groups in total. The lowest BCUT2D eigenvalue weighted by Gasteiger charge is -2.30. The number of carbonyl (C=O) groups excluding carboxylic acids is 1. The molecule has 1 aromatic carbocycles. The van der Waals surface area contributed by atoms with E-state index in [1.165, 1.54) is 29.6 Å². The van der Waals surface area contributed by atoms with Gasteiger partial charge in [-0.15, -0.1) is 10.2 Å². The van der Waals surface area contributed by atoms with Crippen LogP contribution in [0.3, 0.4) is 0 Å². The van der Waals surface area contributed by atoms with Crippen molar-refractivity contribution in [3.05, 3.63) is 29.8 Å². The van der Waals surface area contributed by atoms with Gasteiger partial charge in [-0.1, -0.05) is 49.6 Å². The van der Waals surface area contributed by atoms with Crippen LogP contribution in [0, 0.1) is 12.8 Å². The van der Waals surface area contributed by atoms with Crippen LogP contribution < -0.4 is 5.32 Å². The van der Waals surface area contributed by atoms with Gasteiger partial charge in [-0.3, -0.25) is 4.79 Å². The second-order valence-corrected chi connectivity index (χ2v) is 6.85. The fraction of sp³-hybridized carbons (Fsp3) is 0.556. The number of aryl methyl sites for hydroxylation is 1. The van der Waals surface area contributed by atoms with Crippen LogP contribution in [0.4, 0.5) is 0 Å². The van der Waals surface area contributed by atoms with E-state index in [9.17, 15) is 4.79 Å². The molecule has 1 aliphatic carbocycles. The fourth-order valence-corrected chi connectivity index (χ4v) is 3.15. The molecule has 1 aliphatic rings. The first kappa shape index (κ1) is 16.6. The quantitative estimate of drug-likeness (QED) is 0.937. The van der Waals surface area contributed by atoms with Gasteiger partial charge in [0.25, 0.3) is 0 Å². The summed E-state index contributed by atoms with van der Waals surface area (Å²) in [6.45, 7) is 6.05. The third-order valence-electron chi connectivity index (χ3n) is 4.90. The fourth-order valence-electron chi connectivity index (χ4n) is 3.15. The van der Waals surface area contributed by atoms with Gasteiger partial charge in [0.2, 0.25) is 11.7 Å². The second kappa shape index (κ2) is 7.11. The molecular weight excluding hydrogens is 302 g/mol. The Bertz CT molecular complexity index is 694. The first-order valence-corrected chi connectivity index (χ1v) is 8.71. The minimum Gasteiger partial charge on any atom is -0.351 e. The van der Waals surface area contributed by atoms with Gasteiger partial charge in [0.1, 0.15) is 6.04 Å². The molecule has 1 fully saturated rings. The van der Waals surface area contributed by atoms with Gasteiger partial charge in [0.05, 0.1) is 0 Å². The van der Waals surface area contributed by atoms with Crippen molar-refractivity contribution < 1.29 is 4.79 Å². The summed E-state index contributed by atoms with van der Waals surface area (Å²) < 4.78 is 0. The summed E-state index contributed by atoms with van der Waals surface area (Å²) in [5.41, 5.74) is 2.08. The first-order valence-electron chi connectivity index (χ1n) is 8.71. The number of rotatable bonds is 4. The van der Waals surface area contributed by atoms with E-state index >= 15 is 0 Å². The van der Waals surface area contributed by atoms with Crippen molar-refractivity contribution in [1.29, 1.82) is 0 Å². The zero-order chi connectivity index (χ0) is 17.1. The van der Waals surface area contributed by atoms with Gasteiger partial charge >= 0.3 is 0 Å². The summed E-state index contributed by atoms with van der Waals surface area (Å²) in [6, 6.07) is 7.74. The van der Waals surface area contributed by atoms with Crippen LogP contribution in [0.25, 0.3) is 11.4 Å². The molecule has 3 atom stereocenters. The summed E-state index contributed by atoms with van der Waals surface area (Å²) in [6.07, 6.45) is 4.67. The maximum absolute atomic E-state index is 12.5. The van der Waals surface area contributed by atoms with Crippen LogP contribution >= 0.6 is 0 Å². The standard InChI is InChI=1S/C18H25N5O/c1-12-8-10-15(11-9-12)17-20-22-23(21-17)14(3)18(24)19-16-7-5-4-6-13(16)2/h8-11,13-14,16H,4-7H2,1-3H3,(H,19,24)/t13-,14-,16+/m0/s1. The molecular formula is C18H25N5O. The number of carbonyl (C=O) groups is 1. The summed E-state index contributed by atoms with van der Waals surface area (Å²) >= 11 is 0. The minimum atomic E-state index is -0.467. The lowest BCUT2D eigenvalue weighted by Crippen LogP contribution is -2.44. The van der Waals surface area contributed by atoms with Gasteiger partial charge < -0.3 is 5.32 Å². The van der Waals surface area contributed by atoms with Gasteiger partial charge in [-0.05, 0) is 37.8 Å². The predicted molar refractivity (Wildman–Crippen MR) is 92.3 cm³/mol. The van der Waals surface area contributed by atoms with E-state index in [0.29, 0.717) is 11.7 Å². The zero-order valence-corrected chi connectivity index (χ0v) is 14.6. The highest BCUT2D eigenvalue weighted by Crippen LogP contribution is 2.24. The average molecular weight is 327 g/mol. The van der Waals surface area contributed by atoms with Crippen LogP contribution in [0.5, 0.6) is 0 Å². The Labute approximate surface area is 142 Å². The number of benzene rings is 1. The highest BCUT2D eigenvalue weighted by molar-refractivity contribution is 5.80. The van der Waals surface area contributed by atoms with Gasteiger partial charge in [-0.2, -0.15) is 4.80 Å². The van der Waals surface area contributed by atoms with Crippen molar-refractivity contribution in [3.8, 4) is 11.4 Å². The Balaban J connectivity index is 1.67. The Morgan fingerprint density at radius 1 is 1.25 bits per heavy atom. The van der Waals surface area contributed by atoms with E-state index in [-0.39, 0.29) is 11.9 Å². The van der Waals surface area contributed by atoms with Crippen LogP contribution in [-0.4, -0.2) is 32.2 Å². The Morgan fingerprint density at radius 2 is 1.96 bits per heavy atom. The molecule has 0 radical (unpaired) electrons. The van der Waals surface area contributed by atoms with Gasteiger partial charge in [0, 0.05) is 11.6 Å². The SMILES string of the molecule is Cc1ccc(-c2nnn([C@@H](C)C(=O)N[C@@H]3CCCC[C@@H]3C)n2)cc1. The molecule has 1 saturated carbocycles. The van der Waals surface area contributed by atoms with Crippen molar-refractivity contribution >= 4 is 5.91 Å². The predicted octanol–water partition coefficient (Wildman–Crippen LogP) is 2.90. The summed E-state index contributed by atoms with van der Waals surface area (Å²) in [5.74, 6) is 1.03. The van der Waals surface area contributed by atoms with E-state index in [0.717, 1.165) is 12.0 Å². The Morgan fingerprint density at radius 3 is 2.67 bits per heavy atom. The van der Waals surface area contributed by atoms with Crippen LogP contribution in [0.1, 0.15) is 51.1 Å². The van der Waals surface area contributed by atoms with Gasteiger partial charge in [-0.25, -0.2) is 0 Å².